The van der Waals surface area contributed by atoms with E-state index in [-0.39, 0.29) is 13.0 Å². The number of hydrogen-bond donors (Lipinski definition) is 0. The molecule has 2 heteroatoms. The summed E-state index contributed by atoms with van der Waals surface area (Å²) in [5.74, 6) is 1.74. The fourth-order valence-electron chi connectivity index (χ4n) is 1.11. The van der Waals surface area contributed by atoms with Gasteiger partial charge in [0, 0.05) is 0 Å². The van der Waals surface area contributed by atoms with Crippen molar-refractivity contribution in [2.24, 2.45) is 0 Å². The monoisotopic (exact) mass is 181 g/mol. The van der Waals surface area contributed by atoms with Crippen molar-refractivity contribution in [3.05, 3.63) is 60.7 Å². The summed E-state index contributed by atoms with van der Waals surface area (Å²) in [5, 5.41) is 0. The minimum absolute atomic E-state index is 0. The third-order valence-corrected chi connectivity index (χ3v) is 1.72. The van der Waals surface area contributed by atoms with Crippen molar-refractivity contribution in [3.63, 3.8) is 0 Å². The molecule has 0 saturated heterocycles. The third-order valence-electron chi connectivity index (χ3n) is 1.72. The summed E-state index contributed by atoms with van der Waals surface area (Å²) < 4.78 is 5.58. The summed E-state index contributed by atoms with van der Waals surface area (Å²) in [5.41, 5.74) is 0. The second-order valence-corrected chi connectivity index (χ2v) is 2.73. The normalized spacial score (nSPS) is 8.86. The first-order chi connectivity index (χ1) is 6.45. The molecule has 0 atom stereocenters. The van der Waals surface area contributed by atoms with Crippen LogP contribution in [0.15, 0.2) is 60.7 Å². The quantitative estimate of drug-likeness (QED) is 0.646. The Morgan fingerprint density at radius 3 is 1.36 bits per heavy atom. The van der Waals surface area contributed by atoms with E-state index in [1.54, 1.807) is 0 Å². The standard InChI is InChI=1S/C12H10O.Be.2H/c1-3-7-11(8-4-1)13-12-9-5-2-6-10-12;;;/h1-10H;;;/q;+2;2*-1. The average Bonchev–Trinajstić information content (AvgIpc) is 2.21. The average molecular weight is 181 g/mol. The zero-order chi connectivity index (χ0) is 8.93. The van der Waals surface area contributed by atoms with Gasteiger partial charge in [-0.05, 0) is 24.3 Å². The fraction of sp³-hybridized carbons (Fsp3) is 0. The van der Waals surface area contributed by atoms with Gasteiger partial charge in [-0.25, -0.2) is 0 Å². The van der Waals surface area contributed by atoms with Gasteiger partial charge in [0.2, 0.25) is 0 Å². The topological polar surface area (TPSA) is 9.23 Å². The van der Waals surface area contributed by atoms with Gasteiger partial charge in [-0.2, -0.15) is 0 Å². The van der Waals surface area contributed by atoms with Gasteiger partial charge in [-0.1, -0.05) is 36.4 Å². The van der Waals surface area contributed by atoms with Gasteiger partial charge in [-0.3, -0.25) is 0 Å². The van der Waals surface area contributed by atoms with Crippen LogP contribution in [0, 0.1) is 0 Å². The minimum Gasteiger partial charge on any atom is -1.00 e. The van der Waals surface area contributed by atoms with Crippen LogP contribution in [-0.4, -0.2) is 10.1 Å². The van der Waals surface area contributed by atoms with E-state index in [4.69, 9.17) is 4.74 Å². The Balaban J connectivity index is 0. The maximum absolute atomic E-state index is 5.58. The van der Waals surface area contributed by atoms with Gasteiger partial charge in [0.1, 0.15) is 11.5 Å². The van der Waals surface area contributed by atoms with Gasteiger partial charge in [0.15, 0.2) is 0 Å². The Morgan fingerprint density at radius 2 is 1.00 bits per heavy atom. The van der Waals surface area contributed by atoms with Crippen LogP contribution >= 0.6 is 0 Å². The van der Waals surface area contributed by atoms with Gasteiger partial charge >= 0.3 is 10.1 Å². The summed E-state index contributed by atoms with van der Waals surface area (Å²) in [7, 11) is 0. The number of ether oxygens (including phenoxy) is 1. The number of benzene rings is 2. The van der Waals surface area contributed by atoms with Crippen LogP contribution in [0.3, 0.4) is 0 Å². The molecule has 0 N–H and O–H groups in total. The van der Waals surface area contributed by atoms with Crippen molar-refractivity contribution in [1.82, 2.24) is 0 Å². The summed E-state index contributed by atoms with van der Waals surface area (Å²) in [6, 6.07) is 19.5. The zero-order valence-electron chi connectivity index (χ0n) is 9.89. The zero-order valence-corrected chi connectivity index (χ0v) is 7.89. The van der Waals surface area contributed by atoms with Crippen molar-refractivity contribution >= 4 is 10.1 Å². The maximum Gasteiger partial charge on any atom is 2.00 e. The molecule has 2 rings (SSSR count). The summed E-state index contributed by atoms with van der Waals surface area (Å²) in [6.07, 6.45) is 0. The Hall–Kier alpha value is -1.59. The molecular formula is C12H12BeO. The predicted molar refractivity (Wildman–Crippen MR) is 60.9 cm³/mol. The Kier molecular flexibility index (Phi) is 3.90. The van der Waals surface area contributed by atoms with E-state index in [1.165, 1.54) is 0 Å². The van der Waals surface area contributed by atoms with Crippen LogP contribution in [0.25, 0.3) is 0 Å². The Bertz CT molecular complexity index is 330. The SMILES string of the molecule is [Be+2].[H-].[H-].c1ccc(Oc2ccccc2)cc1. The Morgan fingerprint density at radius 1 is 0.643 bits per heavy atom. The molecule has 14 heavy (non-hydrogen) atoms. The summed E-state index contributed by atoms with van der Waals surface area (Å²) >= 11 is 0. The van der Waals surface area contributed by atoms with Crippen molar-refractivity contribution in [2.75, 3.05) is 0 Å². The first-order valence-corrected chi connectivity index (χ1v) is 4.23. The molecule has 2 aromatic carbocycles. The molecule has 0 aliphatic carbocycles. The molecule has 0 amide bonds. The van der Waals surface area contributed by atoms with Crippen molar-refractivity contribution in [2.45, 2.75) is 0 Å². The molecule has 1 nitrogen and oxygen atoms in total. The molecule has 0 spiro atoms. The maximum atomic E-state index is 5.58. The van der Waals surface area contributed by atoms with Crippen LogP contribution in [-0.2, 0) is 0 Å². The largest absolute Gasteiger partial charge is 2.00 e. The molecule has 0 radical (unpaired) electrons. The molecule has 0 saturated carbocycles. The van der Waals surface area contributed by atoms with E-state index in [2.05, 4.69) is 0 Å². The van der Waals surface area contributed by atoms with Crippen LogP contribution in [0.5, 0.6) is 11.5 Å². The molecule has 0 bridgehead atoms. The fourth-order valence-corrected chi connectivity index (χ4v) is 1.11. The third kappa shape index (κ3) is 2.72. The van der Waals surface area contributed by atoms with E-state index in [1.807, 2.05) is 60.7 Å². The predicted octanol–water partition coefficient (Wildman–Crippen LogP) is 3.32. The van der Waals surface area contributed by atoms with Crippen molar-refractivity contribution in [3.8, 4) is 11.5 Å². The molecule has 68 valence electrons. The summed E-state index contributed by atoms with van der Waals surface area (Å²) in [6.45, 7) is 0. The number of hydrogen-bond acceptors (Lipinski definition) is 1. The number of rotatable bonds is 2. The second kappa shape index (κ2) is 5.21. The van der Waals surface area contributed by atoms with E-state index in [0.717, 1.165) is 11.5 Å². The smallest absolute Gasteiger partial charge is 1.00 e. The van der Waals surface area contributed by atoms with Crippen LogP contribution in [0.1, 0.15) is 2.85 Å². The van der Waals surface area contributed by atoms with Gasteiger partial charge < -0.3 is 7.59 Å². The van der Waals surface area contributed by atoms with E-state index >= 15 is 0 Å². The molecule has 0 fully saturated rings. The molecule has 2 aromatic rings. The molecule has 0 heterocycles. The molecular weight excluding hydrogens is 169 g/mol. The van der Waals surface area contributed by atoms with Gasteiger partial charge in [0.25, 0.3) is 0 Å². The molecule has 0 aromatic heterocycles. The van der Waals surface area contributed by atoms with E-state index in [0.29, 0.717) is 0 Å². The van der Waals surface area contributed by atoms with Gasteiger partial charge in [0.05, 0.1) is 0 Å². The first kappa shape index (κ1) is 10.5. The van der Waals surface area contributed by atoms with Crippen LogP contribution in [0.2, 0.25) is 0 Å². The summed E-state index contributed by atoms with van der Waals surface area (Å²) in [4.78, 5) is 0. The van der Waals surface area contributed by atoms with Crippen molar-refractivity contribution < 1.29 is 7.59 Å². The van der Waals surface area contributed by atoms with Crippen molar-refractivity contribution in [1.29, 1.82) is 0 Å². The van der Waals surface area contributed by atoms with E-state index in [9.17, 15) is 0 Å². The van der Waals surface area contributed by atoms with E-state index < -0.39 is 0 Å². The Labute approximate surface area is 90.5 Å². The molecule has 0 unspecified atom stereocenters. The van der Waals surface area contributed by atoms with Crippen LogP contribution in [0.4, 0.5) is 0 Å². The van der Waals surface area contributed by atoms with Crippen LogP contribution < -0.4 is 4.74 Å². The number of para-hydroxylation sites is 2. The second-order valence-electron chi connectivity index (χ2n) is 2.73. The molecule has 0 aliphatic heterocycles. The first-order valence-electron chi connectivity index (χ1n) is 4.23. The minimum atomic E-state index is 0. The molecule has 0 aliphatic rings. The van der Waals surface area contributed by atoms with Gasteiger partial charge in [-0.15, -0.1) is 0 Å².